The highest BCUT2D eigenvalue weighted by atomic mass is 16.1. The second-order valence-corrected chi connectivity index (χ2v) is 6.17. The van der Waals surface area contributed by atoms with Crippen molar-refractivity contribution in [2.45, 2.75) is 45.6 Å². The number of benzene rings is 1. The van der Waals surface area contributed by atoms with Gasteiger partial charge in [-0.05, 0) is 61.8 Å². The molecule has 3 heteroatoms. The summed E-state index contributed by atoms with van der Waals surface area (Å²) in [4.78, 5) is 12.2. The Bertz CT molecular complexity index is 441. The third-order valence-corrected chi connectivity index (χ3v) is 4.58. The van der Waals surface area contributed by atoms with Crippen molar-refractivity contribution < 1.29 is 4.79 Å². The summed E-state index contributed by atoms with van der Waals surface area (Å²) in [5.41, 5.74) is 7.46. The largest absolute Gasteiger partial charge is 0.349 e. The second-order valence-electron chi connectivity index (χ2n) is 6.17. The Labute approximate surface area is 121 Å². The number of nitrogens with two attached hydrogens (primary N) is 1. The van der Waals surface area contributed by atoms with Crippen LogP contribution in [0.3, 0.4) is 0 Å². The summed E-state index contributed by atoms with van der Waals surface area (Å²) < 4.78 is 0. The van der Waals surface area contributed by atoms with Crippen molar-refractivity contribution in [2.24, 2.45) is 17.6 Å². The minimum Gasteiger partial charge on any atom is -0.349 e. The van der Waals surface area contributed by atoms with Gasteiger partial charge in [-0.15, -0.1) is 0 Å². The third-order valence-electron chi connectivity index (χ3n) is 4.58. The zero-order valence-electron chi connectivity index (χ0n) is 12.6. The lowest BCUT2D eigenvalue weighted by Crippen LogP contribution is -2.39. The standard InChI is InChI=1S/C17H26N2O/c1-12-3-8-16(11-13(12)2)19-17(20)15-6-4-14(5-7-15)9-10-18/h4-7,12-13,16H,3,8-11,18H2,1-2H3,(H,19,20). The van der Waals surface area contributed by atoms with Crippen molar-refractivity contribution >= 4 is 5.91 Å². The maximum atomic E-state index is 12.2. The Morgan fingerprint density at radius 2 is 1.90 bits per heavy atom. The highest BCUT2D eigenvalue weighted by Gasteiger charge is 2.25. The van der Waals surface area contributed by atoms with E-state index in [1.165, 1.54) is 12.0 Å². The summed E-state index contributed by atoms with van der Waals surface area (Å²) in [6, 6.07) is 8.11. The Balaban J connectivity index is 1.91. The van der Waals surface area contributed by atoms with Crippen molar-refractivity contribution in [1.29, 1.82) is 0 Å². The summed E-state index contributed by atoms with van der Waals surface area (Å²) in [5.74, 6) is 1.52. The average Bonchev–Trinajstić information content (AvgIpc) is 2.44. The van der Waals surface area contributed by atoms with Gasteiger partial charge in [0, 0.05) is 11.6 Å². The molecule has 3 unspecified atom stereocenters. The molecule has 1 aliphatic rings. The van der Waals surface area contributed by atoms with Gasteiger partial charge < -0.3 is 11.1 Å². The molecule has 110 valence electrons. The van der Waals surface area contributed by atoms with Gasteiger partial charge in [-0.1, -0.05) is 26.0 Å². The summed E-state index contributed by atoms with van der Waals surface area (Å²) in [6.45, 7) is 5.23. The minimum absolute atomic E-state index is 0.0519. The van der Waals surface area contributed by atoms with Crippen LogP contribution in [0.5, 0.6) is 0 Å². The minimum atomic E-state index is 0.0519. The molecule has 1 aromatic rings. The molecule has 1 saturated carbocycles. The van der Waals surface area contributed by atoms with Crippen LogP contribution in [0.4, 0.5) is 0 Å². The van der Waals surface area contributed by atoms with Crippen molar-refractivity contribution in [3.8, 4) is 0 Å². The molecule has 1 aliphatic carbocycles. The van der Waals surface area contributed by atoms with E-state index in [-0.39, 0.29) is 5.91 Å². The predicted molar refractivity (Wildman–Crippen MR) is 82.6 cm³/mol. The molecular weight excluding hydrogens is 248 g/mol. The van der Waals surface area contributed by atoms with Gasteiger partial charge in [0.25, 0.3) is 5.91 Å². The molecular formula is C17H26N2O. The van der Waals surface area contributed by atoms with E-state index in [9.17, 15) is 4.79 Å². The van der Waals surface area contributed by atoms with E-state index in [1.54, 1.807) is 0 Å². The second kappa shape index (κ2) is 6.89. The van der Waals surface area contributed by atoms with Crippen LogP contribution in [-0.2, 0) is 6.42 Å². The topological polar surface area (TPSA) is 55.1 Å². The van der Waals surface area contributed by atoms with E-state index in [0.717, 1.165) is 30.7 Å². The van der Waals surface area contributed by atoms with Gasteiger partial charge in [0.05, 0.1) is 0 Å². The first-order valence-electron chi connectivity index (χ1n) is 7.70. The van der Waals surface area contributed by atoms with Crippen molar-refractivity contribution in [1.82, 2.24) is 5.32 Å². The fourth-order valence-corrected chi connectivity index (χ4v) is 2.94. The molecule has 0 aromatic heterocycles. The molecule has 20 heavy (non-hydrogen) atoms. The first-order chi connectivity index (χ1) is 9.60. The Kier molecular flexibility index (Phi) is 5.18. The molecule has 3 N–H and O–H groups in total. The van der Waals surface area contributed by atoms with Crippen LogP contribution in [0.2, 0.25) is 0 Å². The van der Waals surface area contributed by atoms with Gasteiger partial charge in [0.2, 0.25) is 0 Å². The fraction of sp³-hybridized carbons (Fsp3) is 0.588. The maximum Gasteiger partial charge on any atom is 0.251 e. The lowest BCUT2D eigenvalue weighted by molar-refractivity contribution is 0.0910. The summed E-state index contributed by atoms with van der Waals surface area (Å²) in [5, 5.41) is 3.17. The van der Waals surface area contributed by atoms with Crippen LogP contribution >= 0.6 is 0 Å². The lowest BCUT2D eigenvalue weighted by Gasteiger charge is -2.32. The van der Waals surface area contributed by atoms with Gasteiger partial charge >= 0.3 is 0 Å². The number of hydrogen-bond acceptors (Lipinski definition) is 2. The SMILES string of the molecule is CC1CCC(NC(=O)c2ccc(CCN)cc2)CC1C. The van der Waals surface area contributed by atoms with Crippen molar-refractivity contribution in [3.05, 3.63) is 35.4 Å². The van der Waals surface area contributed by atoms with E-state index < -0.39 is 0 Å². The predicted octanol–water partition coefficient (Wildman–Crippen LogP) is 2.74. The number of carbonyl (C=O) groups is 1. The molecule has 3 nitrogen and oxygen atoms in total. The molecule has 0 aliphatic heterocycles. The van der Waals surface area contributed by atoms with E-state index in [2.05, 4.69) is 19.2 Å². The molecule has 0 saturated heterocycles. The number of carbonyl (C=O) groups excluding carboxylic acids is 1. The van der Waals surface area contributed by atoms with Crippen LogP contribution in [0.25, 0.3) is 0 Å². The van der Waals surface area contributed by atoms with Crippen LogP contribution < -0.4 is 11.1 Å². The fourth-order valence-electron chi connectivity index (χ4n) is 2.94. The number of hydrogen-bond donors (Lipinski definition) is 2. The van der Waals surface area contributed by atoms with Gasteiger partial charge in [-0.3, -0.25) is 4.79 Å². The molecule has 1 fully saturated rings. The van der Waals surface area contributed by atoms with E-state index >= 15 is 0 Å². The highest BCUT2D eigenvalue weighted by Crippen LogP contribution is 2.29. The van der Waals surface area contributed by atoms with E-state index in [4.69, 9.17) is 5.73 Å². The van der Waals surface area contributed by atoms with Crippen LogP contribution in [0.15, 0.2) is 24.3 Å². The van der Waals surface area contributed by atoms with Crippen LogP contribution in [0.1, 0.15) is 49.0 Å². The zero-order chi connectivity index (χ0) is 14.5. The van der Waals surface area contributed by atoms with Gasteiger partial charge in [0.15, 0.2) is 0 Å². The number of nitrogens with one attached hydrogen (secondary N) is 1. The first-order valence-corrected chi connectivity index (χ1v) is 7.70. The first kappa shape index (κ1) is 15.0. The molecule has 0 radical (unpaired) electrons. The van der Waals surface area contributed by atoms with Gasteiger partial charge in [-0.25, -0.2) is 0 Å². The summed E-state index contributed by atoms with van der Waals surface area (Å²) >= 11 is 0. The number of amides is 1. The lowest BCUT2D eigenvalue weighted by atomic mass is 9.79. The molecule has 1 amide bonds. The highest BCUT2D eigenvalue weighted by molar-refractivity contribution is 5.94. The Morgan fingerprint density at radius 1 is 1.20 bits per heavy atom. The molecule has 0 spiro atoms. The molecule has 2 rings (SSSR count). The van der Waals surface area contributed by atoms with Gasteiger partial charge in [-0.2, -0.15) is 0 Å². The van der Waals surface area contributed by atoms with E-state index in [0.29, 0.717) is 18.5 Å². The molecule has 3 atom stereocenters. The van der Waals surface area contributed by atoms with Crippen molar-refractivity contribution in [3.63, 3.8) is 0 Å². The van der Waals surface area contributed by atoms with Crippen molar-refractivity contribution in [2.75, 3.05) is 6.54 Å². The van der Waals surface area contributed by atoms with E-state index in [1.807, 2.05) is 24.3 Å². The smallest absolute Gasteiger partial charge is 0.251 e. The normalized spacial score (nSPS) is 26.2. The molecule has 1 aromatic carbocycles. The maximum absolute atomic E-state index is 12.2. The monoisotopic (exact) mass is 274 g/mol. The number of rotatable bonds is 4. The Morgan fingerprint density at radius 3 is 2.50 bits per heavy atom. The molecule has 0 bridgehead atoms. The zero-order valence-corrected chi connectivity index (χ0v) is 12.6. The summed E-state index contributed by atoms with van der Waals surface area (Å²) in [7, 11) is 0. The molecule has 0 heterocycles. The third kappa shape index (κ3) is 3.83. The average molecular weight is 274 g/mol. The van der Waals surface area contributed by atoms with Gasteiger partial charge in [0.1, 0.15) is 0 Å². The quantitative estimate of drug-likeness (QED) is 0.887. The van der Waals surface area contributed by atoms with Crippen LogP contribution in [-0.4, -0.2) is 18.5 Å². The van der Waals surface area contributed by atoms with Crippen LogP contribution in [0, 0.1) is 11.8 Å². The summed E-state index contributed by atoms with van der Waals surface area (Å²) in [6.07, 6.45) is 4.27. The Hall–Kier alpha value is -1.35.